The van der Waals surface area contributed by atoms with Gasteiger partial charge in [-0.2, -0.15) is 10.2 Å². The predicted octanol–water partition coefficient (Wildman–Crippen LogP) is 3.05. The van der Waals surface area contributed by atoms with E-state index in [1.807, 2.05) is 0 Å². The standard InChI is InChI=1S/C21H22N6O6/c1-14(16-6-10-18(11-7-16)26(30)31)22-24-20(28)4-3-5-21(29)25-23-15(2)17-8-12-19(13-9-17)27(32)33/h6-13H,3-5H2,1-2H3,(H,24,28)(H,25,29). The highest BCUT2D eigenvalue weighted by molar-refractivity contribution is 6.00. The summed E-state index contributed by atoms with van der Waals surface area (Å²) < 4.78 is 0. The van der Waals surface area contributed by atoms with Crippen molar-refractivity contribution in [3.05, 3.63) is 79.9 Å². The van der Waals surface area contributed by atoms with Gasteiger partial charge in [0.1, 0.15) is 0 Å². The molecule has 12 nitrogen and oxygen atoms in total. The van der Waals surface area contributed by atoms with E-state index in [9.17, 15) is 29.8 Å². The molecular weight excluding hydrogens is 432 g/mol. The summed E-state index contributed by atoms with van der Waals surface area (Å²) >= 11 is 0. The van der Waals surface area contributed by atoms with Gasteiger partial charge in [-0.15, -0.1) is 0 Å². The molecule has 0 saturated heterocycles. The van der Waals surface area contributed by atoms with E-state index >= 15 is 0 Å². The van der Waals surface area contributed by atoms with Crippen molar-refractivity contribution in [1.82, 2.24) is 10.9 Å². The summed E-state index contributed by atoms with van der Waals surface area (Å²) in [4.78, 5) is 44.2. The molecule has 2 aromatic rings. The Morgan fingerprint density at radius 1 is 0.727 bits per heavy atom. The quantitative estimate of drug-likeness (QED) is 0.317. The van der Waals surface area contributed by atoms with Gasteiger partial charge < -0.3 is 0 Å². The lowest BCUT2D eigenvalue weighted by Gasteiger charge is -2.04. The minimum Gasteiger partial charge on any atom is -0.273 e. The Morgan fingerprint density at radius 3 is 1.36 bits per heavy atom. The third-order valence-electron chi connectivity index (χ3n) is 4.50. The molecule has 33 heavy (non-hydrogen) atoms. The summed E-state index contributed by atoms with van der Waals surface area (Å²) in [7, 11) is 0. The molecule has 0 fully saturated rings. The number of hydrogen-bond acceptors (Lipinski definition) is 8. The van der Waals surface area contributed by atoms with Crippen LogP contribution in [0.2, 0.25) is 0 Å². The maximum atomic E-state index is 11.9. The van der Waals surface area contributed by atoms with Crippen molar-refractivity contribution in [2.24, 2.45) is 10.2 Å². The minimum absolute atomic E-state index is 0.0406. The molecule has 0 aliphatic heterocycles. The van der Waals surface area contributed by atoms with Crippen molar-refractivity contribution in [1.29, 1.82) is 0 Å². The van der Waals surface area contributed by atoms with Crippen LogP contribution in [0.4, 0.5) is 11.4 Å². The number of hydrogen-bond donors (Lipinski definition) is 2. The van der Waals surface area contributed by atoms with Crippen molar-refractivity contribution >= 4 is 34.6 Å². The van der Waals surface area contributed by atoms with E-state index in [1.165, 1.54) is 48.5 Å². The summed E-state index contributed by atoms with van der Waals surface area (Å²) in [6.07, 6.45) is 0.404. The van der Waals surface area contributed by atoms with Crippen LogP contribution < -0.4 is 10.9 Å². The first-order valence-electron chi connectivity index (χ1n) is 9.83. The fraction of sp³-hybridized carbons (Fsp3) is 0.238. The van der Waals surface area contributed by atoms with Crippen molar-refractivity contribution in [3.63, 3.8) is 0 Å². The number of hydrazone groups is 2. The fourth-order valence-corrected chi connectivity index (χ4v) is 2.59. The highest BCUT2D eigenvalue weighted by Gasteiger charge is 2.08. The third kappa shape index (κ3) is 7.94. The second-order valence-corrected chi connectivity index (χ2v) is 6.93. The van der Waals surface area contributed by atoms with E-state index in [-0.39, 0.29) is 42.5 Å². The average molecular weight is 454 g/mol. The maximum Gasteiger partial charge on any atom is 0.269 e. The number of benzene rings is 2. The van der Waals surface area contributed by atoms with Crippen molar-refractivity contribution < 1.29 is 19.4 Å². The molecule has 0 aliphatic carbocycles. The van der Waals surface area contributed by atoms with Gasteiger partial charge in [0.15, 0.2) is 0 Å². The molecular formula is C21H22N6O6. The molecule has 0 unspecified atom stereocenters. The first kappa shape index (κ1) is 24.8. The van der Waals surface area contributed by atoms with Gasteiger partial charge in [-0.25, -0.2) is 10.9 Å². The van der Waals surface area contributed by atoms with Gasteiger partial charge in [0.05, 0.1) is 21.3 Å². The summed E-state index contributed by atoms with van der Waals surface area (Å²) in [5.41, 5.74) is 6.90. The third-order valence-corrected chi connectivity index (χ3v) is 4.50. The van der Waals surface area contributed by atoms with Crippen LogP contribution in [0.25, 0.3) is 0 Å². The number of carbonyl (C=O) groups is 2. The monoisotopic (exact) mass is 454 g/mol. The number of carbonyl (C=O) groups excluding carboxylic acids is 2. The van der Waals surface area contributed by atoms with Gasteiger partial charge in [-0.1, -0.05) is 0 Å². The molecule has 172 valence electrons. The van der Waals surface area contributed by atoms with Gasteiger partial charge in [0.25, 0.3) is 11.4 Å². The molecule has 2 rings (SSSR count). The van der Waals surface area contributed by atoms with Crippen LogP contribution in [0.5, 0.6) is 0 Å². The SMILES string of the molecule is CC(=NNC(=O)CCCC(=O)NN=C(C)c1ccc([N+](=O)[O-])cc1)c1ccc([N+](=O)[O-])cc1. The van der Waals surface area contributed by atoms with E-state index in [4.69, 9.17) is 0 Å². The van der Waals surface area contributed by atoms with Gasteiger partial charge in [-0.3, -0.25) is 29.8 Å². The zero-order valence-electron chi connectivity index (χ0n) is 18.0. The fourth-order valence-electron chi connectivity index (χ4n) is 2.59. The number of non-ortho nitro benzene ring substituents is 2. The van der Waals surface area contributed by atoms with Gasteiger partial charge in [0.2, 0.25) is 11.8 Å². The first-order chi connectivity index (χ1) is 15.7. The zero-order chi connectivity index (χ0) is 24.4. The first-order valence-corrected chi connectivity index (χ1v) is 9.83. The van der Waals surface area contributed by atoms with E-state index in [0.717, 1.165) is 0 Å². The molecule has 0 aliphatic rings. The second kappa shape index (κ2) is 11.8. The summed E-state index contributed by atoms with van der Waals surface area (Å²) in [6.45, 7) is 3.31. The molecule has 0 aromatic heterocycles. The van der Waals surface area contributed by atoms with E-state index in [1.54, 1.807) is 13.8 Å². The number of nitrogens with zero attached hydrogens (tertiary/aromatic N) is 4. The largest absolute Gasteiger partial charge is 0.273 e. The molecule has 2 amide bonds. The molecule has 2 aromatic carbocycles. The van der Waals surface area contributed by atoms with E-state index < -0.39 is 9.85 Å². The Bertz CT molecular complexity index is 1010. The van der Waals surface area contributed by atoms with Crippen LogP contribution in [0, 0.1) is 20.2 Å². The van der Waals surface area contributed by atoms with Gasteiger partial charge in [-0.05, 0) is 55.7 Å². The second-order valence-electron chi connectivity index (χ2n) is 6.93. The minimum atomic E-state index is -0.503. The van der Waals surface area contributed by atoms with Crippen molar-refractivity contribution in [3.8, 4) is 0 Å². The Balaban J connectivity index is 1.75. The summed E-state index contributed by atoms with van der Waals surface area (Å²) in [6, 6.07) is 11.5. The highest BCUT2D eigenvalue weighted by Crippen LogP contribution is 2.13. The van der Waals surface area contributed by atoms with Crippen molar-refractivity contribution in [2.75, 3.05) is 0 Å². The number of nitro benzene ring substituents is 2. The Kier molecular flexibility index (Phi) is 8.85. The lowest BCUT2D eigenvalue weighted by molar-refractivity contribution is -0.385. The summed E-state index contributed by atoms with van der Waals surface area (Å²) in [5, 5.41) is 29.3. The number of amides is 2. The van der Waals surface area contributed by atoms with Crippen LogP contribution in [0.3, 0.4) is 0 Å². The normalized spacial score (nSPS) is 11.6. The Morgan fingerprint density at radius 2 is 1.06 bits per heavy atom. The van der Waals surface area contributed by atoms with Crippen LogP contribution in [-0.2, 0) is 9.59 Å². The molecule has 0 heterocycles. The van der Waals surface area contributed by atoms with Crippen LogP contribution in [-0.4, -0.2) is 33.1 Å². The molecule has 2 N–H and O–H groups in total. The van der Waals surface area contributed by atoms with E-state index in [0.29, 0.717) is 22.6 Å². The molecule has 0 saturated carbocycles. The molecule has 0 bridgehead atoms. The topological polar surface area (TPSA) is 169 Å². The van der Waals surface area contributed by atoms with Crippen LogP contribution in [0.15, 0.2) is 58.7 Å². The maximum absolute atomic E-state index is 11.9. The number of rotatable bonds is 10. The molecule has 0 spiro atoms. The van der Waals surface area contributed by atoms with Crippen molar-refractivity contribution in [2.45, 2.75) is 33.1 Å². The molecule has 0 atom stereocenters. The summed E-state index contributed by atoms with van der Waals surface area (Å²) in [5.74, 6) is -0.760. The lowest BCUT2D eigenvalue weighted by Crippen LogP contribution is -2.21. The van der Waals surface area contributed by atoms with Gasteiger partial charge in [0, 0.05) is 37.1 Å². The van der Waals surface area contributed by atoms with Crippen LogP contribution >= 0.6 is 0 Å². The lowest BCUT2D eigenvalue weighted by atomic mass is 10.1. The number of nitro groups is 2. The average Bonchev–Trinajstić information content (AvgIpc) is 2.81. The number of nitrogens with one attached hydrogen (secondary N) is 2. The van der Waals surface area contributed by atoms with Crippen LogP contribution in [0.1, 0.15) is 44.2 Å². The van der Waals surface area contributed by atoms with E-state index in [2.05, 4.69) is 21.1 Å². The van der Waals surface area contributed by atoms with Gasteiger partial charge >= 0.3 is 0 Å². The molecule has 0 radical (unpaired) electrons. The predicted molar refractivity (Wildman–Crippen MR) is 121 cm³/mol. The Hall–Kier alpha value is -4.48. The highest BCUT2D eigenvalue weighted by atomic mass is 16.6. The molecule has 12 heteroatoms. The zero-order valence-corrected chi connectivity index (χ0v) is 18.0. The smallest absolute Gasteiger partial charge is 0.269 e. The Labute approximate surface area is 188 Å².